The number of anilines is 1. The summed E-state index contributed by atoms with van der Waals surface area (Å²) in [6.45, 7) is 0.467. The summed E-state index contributed by atoms with van der Waals surface area (Å²) < 4.78 is 0. The number of hydrogen-bond donors (Lipinski definition) is 2. The summed E-state index contributed by atoms with van der Waals surface area (Å²) in [5.74, 6) is 0.367. The minimum Gasteiger partial charge on any atom is -0.368 e. The molecule has 0 fully saturated rings. The normalized spacial score (nSPS) is 16.1. The van der Waals surface area contributed by atoms with Gasteiger partial charge < -0.3 is 11.5 Å². The third-order valence-corrected chi connectivity index (χ3v) is 2.73. The predicted molar refractivity (Wildman–Crippen MR) is 55.6 cm³/mol. The highest BCUT2D eigenvalue weighted by atomic mass is 15.0. The Hall–Kier alpha value is -1.16. The van der Waals surface area contributed by atoms with Crippen LogP contribution in [0.3, 0.4) is 0 Å². The highest BCUT2D eigenvalue weighted by molar-refractivity contribution is 5.32. The van der Waals surface area contributed by atoms with Crippen molar-refractivity contribution in [1.82, 2.24) is 9.97 Å². The summed E-state index contributed by atoms with van der Waals surface area (Å²) in [5.41, 5.74) is 14.6. The third-order valence-electron chi connectivity index (χ3n) is 2.73. The molecule has 0 aromatic carbocycles. The zero-order chi connectivity index (χ0) is 9.97. The number of nitrogens with two attached hydrogens (primary N) is 2. The van der Waals surface area contributed by atoms with Gasteiger partial charge in [0.1, 0.15) is 0 Å². The minimum absolute atomic E-state index is 0.367. The highest BCUT2D eigenvalue weighted by Crippen LogP contribution is 2.21. The van der Waals surface area contributed by atoms with Gasteiger partial charge in [-0.05, 0) is 31.2 Å². The van der Waals surface area contributed by atoms with Crippen LogP contribution in [0.4, 0.5) is 5.95 Å². The van der Waals surface area contributed by atoms with E-state index in [2.05, 4.69) is 9.97 Å². The minimum atomic E-state index is 0.367. The Labute approximate surface area is 83.7 Å². The second kappa shape index (κ2) is 3.92. The number of rotatable bonds is 1. The molecule has 1 aromatic heterocycles. The van der Waals surface area contributed by atoms with Crippen LogP contribution in [-0.2, 0) is 19.4 Å². The van der Waals surface area contributed by atoms with Crippen molar-refractivity contribution in [3.8, 4) is 0 Å². The van der Waals surface area contributed by atoms with Crippen molar-refractivity contribution in [3.63, 3.8) is 0 Å². The van der Waals surface area contributed by atoms with Crippen LogP contribution in [0.1, 0.15) is 36.2 Å². The lowest BCUT2D eigenvalue weighted by Gasteiger charge is -2.09. The van der Waals surface area contributed by atoms with Crippen LogP contribution in [0.5, 0.6) is 0 Å². The molecule has 4 nitrogen and oxygen atoms in total. The number of fused-ring (bicyclic) bond motifs is 1. The van der Waals surface area contributed by atoms with Crippen LogP contribution >= 0.6 is 0 Å². The summed E-state index contributed by atoms with van der Waals surface area (Å²) in [6.07, 6.45) is 5.76. The number of nitrogens with zero attached hydrogens (tertiary/aromatic N) is 2. The van der Waals surface area contributed by atoms with Gasteiger partial charge in [-0.25, -0.2) is 9.97 Å². The van der Waals surface area contributed by atoms with E-state index in [0.717, 1.165) is 24.2 Å². The number of aromatic nitrogens is 2. The first-order chi connectivity index (χ1) is 6.81. The van der Waals surface area contributed by atoms with Crippen LogP contribution in [0.15, 0.2) is 0 Å². The van der Waals surface area contributed by atoms with Crippen LogP contribution < -0.4 is 11.5 Å². The lowest BCUT2D eigenvalue weighted by atomic mass is 10.1. The molecule has 0 amide bonds. The fourth-order valence-corrected chi connectivity index (χ4v) is 2.04. The average Bonchev–Trinajstić information content (AvgIpc) is 2.41. The molecule has 1 heterocycles. The van der Waals surface area contributed by atoms with Gasteiger partial charge in [-0.15, -0.1) is 0 Å². The zero-order valence-electron chi connectivity index (χ0n) is 8.29. The van der Waals surface area contributed by atoms with Gasteiger partial charge in [-0.2, -0.15) is 0 Å². The molecule has 0 unspecified atom stereocenters. The maximum absolute atomic E-state index is 5.65. The molecule has 1 aliphatic rings. The van der Waals surface area contributed by atoms with Gasteiger partial charge in [0.2, 0.25) is 5.95 Å². The second-order valence-corrected chi connectivity index (χ2v) is 3.72. The Morgan fingerprint density at radius 3 is 2.64 bits per heavy atom. The van der Waals surface area contributed by atoms with Crippen molar-refractivity contribution >= 4 is 5.95 Å². The van der Waals surface area contributed by atoms with E-state index in [4.69, 9.17) is 11.5 Å². The maximum atomic E-state index is 5.65. The molecule has 4 heteroatoms. The summed E-state index contributed by atoms with van der Waals surface area (Å²) in [5, 5.41) is 0. The lowest BCUT2D eigenvalue weighted by molar-refractivity contribution is 0.708. The molecular formula is C10H16N4. The molecule has 0 aliphatic heterocycles. The molecule has 0 saturated heterocycles. The molecule has 0 atom stereocenters. The topological polar surface area (TPSA) is 77.8 Å². The first-order valence-corrected chi connectivity index (χ1v) is 5.15. The fraction of sp³-hybridized carbons (Fsp3) is 0.600. The Morgan fingerprint density at radius 1 is 1.07 bits per heavy atom. The van der Waals surface area contributed by atoms with E-state index in [-0.39, 0.29) is 0 Å². The largest absolute Gasteiger partial charge is 0.368 e. The van der Waals surface area contributed by atoms with Crippen molar-refractivity contribution < 1.29 is 0 Å². The smallest absolute Gasteiger partial charge is 0.220 e. The van der Waals surface area contributed by atoms with Gasteiger partial charge in [0.05, 0.1) is 5.69 Å². The van der Waals surface area contributed by atoms with E-state index in [1.165, 1.54) is 24.8 Å². The van der Waals surface area contributed by atoms with Crippen molar-refractivity contribution in [1.29, 1.82) is 0 Å². The van der Waals surface area contributed by atoms with Gasteiger partial charge in [0, 0.05) is 12.2 Å². The number of nitrogen functional groups attached to an aromatic ring is 1. The second-order valence-electron chi connectivity index (χ2n) is 3.72. The van der Waals surface area contributed by atoms with E-state index < -0.39 is 0 Å². The average molecular weight is 192 g/mol. The summed E-state index contributed by atoms with van der Waals surface area (Å²) in [6, 6.07) is 0. The monoisotopic (exact) mass is 192 g/mol. The Kier molecular flexibility index (Phi) is 2.63. The van der Waals surface area contributed by atoms with E-state index >= 15 is 0 Å². The van der Waals surface area contributed by atoms with Crippen molar-refractivity contribution in [2.24, 2.45) is 5.73 Å². The standard InChI is InChI=1S/C10H16N4/c11-6-9-7-4-2-1-3-5-8(7)13-10(12)14-9/h1-6,11H2,(H2,12,13,14). The fourth-order valence-electron chi connectivity index (χ4n) is 2.04. The molecule has 4 N–H and O–H groups in total. The van der Waals surface area contributed by atoms with Gasteiger partial charge in [-0.1, -0.05) is 6.42 Å². The molecule has 0 bridgehead atoms. The summed E-state index contributed by atoms with van der Waals surface area (Å²) >= 11 is 0. The van der Waals surface area contributed by atoms with Crippen LogP contribution in [0, 0.1) is 0 Å². The van der Waals surface area contributed by atoms with Crippen molar-refractivity contribution in [2.75, 3.05) is 5.73 Å². The number of aryl methyl sites for hydroxylation is 1. The molecule has 0 spiro atoms. The quantitative estimate of drug-likeness (QED) is 0.645. The Morgan fingerprint density at radius 2 is 1.86 bits per heavy atom. The molecule has 14 heavy (non-hydrogen) atoms. The van der Waals surface area contributed by atoms with E-state index in [1.807, 2.05) is 0 Å². The molecule has 76 valence electrons. The molecular weight excluding hydrogens is 176 g/mol. The molecule has 1 aromatic rings. The van der Waals surface area contributed by atoms with Gasteiger partial charge in [0.15, 0.2) is 0 Å². The SMILES string of the molecule is NCc1nc(N)nc2c1CCCCC2. The predicted octanol–water partition coefficient (Wildman–Crippen LogP) is 0.786. The van der Waals surface area contributed by atoms with Crippen molar-refractivity contribution in [3.05, 3.63) is 17.0 Å². The van der Waals surface area contributed by atoms with E-state index in [0.29, 0.717) is 12.5 Å². The molecule has 0 saturated carbocycles. The summed E-state index contributed by atoms with van der Waals surface area (Å²) in [7, 11) is 0. The third kappa shape index (κ3) is 1.70. The van der Waals surface area contributed by atoms with E-state index in [9.17, 15) is 0 Å². The maximum Gasteiger partial charge on any atom is 0.220 e. The van der Waals surface area contributed by atoms with Gasteiger partial charge in [0.25, 0.3) is 0 Å². The van der Waals surface area contributed by atoms with Crippen LogP contribution in [-0.4, -0.2) is 9.97 Å². The van der Waals surface area contributed by atoms with Gasteiger partial charge >= 0.3 is 0 Å². The van der Waals surface area contributed by atoms with E-state index in [1.54, 1.807) is 0 Å². The first kappa shape index (κ1) is 9.40. The molecule has 2 rings (SSSR count). The number of hydrogen-bond acceptors (Lipinski definition) is 4. The lowest BCUT2D eigenvalue weighted by Crippen LogP contribution is -2.11. The first-order valence-electron chi connectivity index (χ1n) is 5.15. The van der Waals surface area contributed by atoms with Gasteiger partial charge in [-0.3, -0.25) is 0 Å². The summed E-state index contributed by atoms with van der Waals surface area (Å²) in [4.78, 5) is 8.48. The van der Waals surface area contributed by atoms with Crippen LogP contribution in [0.2, 0.25) is 0 Å². The van der Waals surface area contributed by atoms with Crippen LogP contribution in [0.25, 0.3) is 0 Å². The highest BCUT2D eigenvalue weighted by Gasteiger charge is 2.14. The Balaban J connectivity index is 2.46. The Bertz CT molecular complexity index is 335. The zero-order valence-corrected chi connectivity index (χ0v) is 8.29. The van der Waals surface area contributed by atoms with Crippen molar-refractivity contribution in [2.45, 2.75) is 38.6 Å². The molecule has 0 radical (unpaired) electrons. The molecule has 1 aliphatic carbocycles.